The van der Waals surface area contributed by atoms with E-state index in [0.717, 1.165) is 5.56 Å². The highest BCUT2D eigenvalue weighted by Crippen LogP contribution is 2.31. The summed E-state index contributed by atoms with van der Waals surface area (Å²) in [4.78, 5) is 10.5. The fourth-order valence-electron chi connectivity index (χ4n) is 1.89. The Labute approximate surface area is 119 Å². The number of hydrogen-bond donors (Lipinski definition) is 3. The van der Waals surface area contributed by atoms with Crippen molar-refractivity contribution in [2.45, 2.75) is 32.3 Å². The van der Waals surface area contributed by atoms with Gasteiger partial charge in [-0.15, -0.1) is 0 Å². The second-order valence-corrected chi connectivity index (χ2v) is 5.75. The molecule has 112 valence electrons. The molecule has 0 spiro atoms. The fraction of sp³-hybridized carbons (Fsp3) is 0.533. The van der Waals surface area contributed by atoms with E-state index in [0.29, 0.717) is 11.3 Å². The van der Waals surface area contributed by atoms with Crippen LogP contribution in [-0.2, 0) is 10.2 Å². The van der Waals surface area contributed by atoms with Gasteiger partial charge < -0.3 is 20.3 Å². The molecule has 5 heteroatoms. The van der Waals surface area contributed by atoms with Gasteiger partial charge in [-0.3, -0.25) is 4.79 Å². The number of rotatable bonds is 6. The van der Waals surface area contributed by atoms with Crippen molar-refractivity contribution in [3.8, 4) is 5.75 Å². The molecule has 0 saturated carbocycles. The van der Waals surface area contributed by atoms with Crippen molar-refractivity contribution in [1.29, 1.82) is 0 Å². The molecule has 0 aromatic heterocycles. The number of carboxylic acid groups (broad SMARTS) is 1. The molecule has 0 aliphatic carbocycles. The van der Waals surface area contributed by atoms with Crippen LogP contribution < -0.4 is 10.1 Å². The summed E-state index contributed by atoms with van der Waals surface area (Å²) in [6.07, 6.45) is -0.813. The maximum Gasteiger partial charge on any atom is 0.317 e. The Kier molecular flexibility index (Phi) is 5.53. The molecule has 20 heavy (non-hydrogen) atoms. The summed E-state index contributed by atoms with van der Waals surface area (Å²) in [7, 11) is 1.55. The average Bonchev–Trinajstić information content (AvgIpc) is 2.36. The SMILES string of the molecule is COc1ccc(C(C)(C)C)cc1C(O)CNCC(=O)O. The lowest BCUT2D eigenvalue weighted by Crippen LogP contribution is -2.27. The lowest BCUT2D eigenvalue weighted by atomic mass is 9.85. The first-order valence-electron chi connectivity index (χ1n) is 6.54. The molecule has 0 saturated heterocycles. The number of aliphatic carboxylic acids is 1. The van der Waals surface area contributed by atoms with Crippen LogP contribution in [0.3, 0.4) is 0 Å². The van der Waals surface area contributed by atoms with Crippen LogP contribution in [0.1, 0.15) is 38.0 Å². The Morgan fingerprint density at radius 3 is 2.55 bits per heavy atom. The quantitative estimate of drug-likeness (QED) is 0.739. The molecular formula is C15H23NO4. The van der Waals surface area contributed by atoms with Crippen molar-refractivity contribution >= 4 is 5.97 Å². The summed E-state index contributed by atoms with van der Waals surface area (Å²) < 4.78 is 5.26. The molecule has 0 bridgehead atoms. The molecule has 1 aromatic rings. The van der Waals surface area contributed by atoms with Crippen LogP contribution in [0.2, 0.25) is 0 Å². The van der Waals surface area contributed by atoms with Crippen molar-refractivity contribution in [3.63, 3.8) is 0 Å². The summed E-state index contributed by atoms with van der Waals surface area (Å²) in [5.74, 6) is -0.352. The fourth-order valence-corrected chi connectivity index (χ4v) is 1.89. The van der Waals surface area contributed by atoms with E-state index in [9.17, 15) is 9.90 Å². The van der Waals surface area contributed by atoms with Gasteiger partial charge in [0.15, 0.2) is 0 Å². The van der Waals surface area contributed by atoms with Crippen LogP contribution in [0.25, 0.3) is 0 Å². The highest BCUT2D eigenvalue weighted by Gasteiger charge is 2.19. The Hall–Kier alpha value is -1.59. The van der Waals surface area contributed by atoms with Gasteiger partial charge >= 0.3 is 5.97 Å². The van der Waals surface area contributed by atoms with Gasteiger partial charge in [0.05, 0.1) is 19.8 Å². The highest BCUT2D eigenvalue weighted by atomic mass is 16.5. The van der Waals surface area contributed by atoms with Crippen LogP contribution in [-0.4, -0.2) is 36.4 Å². The summed E-state index contributed by atoms with van der Waals surface area (Å²) in [6, 6.07) is 5.71. The number of benzene rings is 1. The van der Waals surface area contributed by atoms with Gasteiger partial charge in [-0.2, -0.15) is 0 Å². The van der Waals surface area contributed by atoms with Crippen molar-refractivity contribution in [3.05, 3.63) is 29.3 Å². The zero-order chi connectivity index (χ0) is 15.3. The van der Waals surface area contributed by atoms with Crippen LogP contribution in [0.5, 0.6) is 5.75 Å². The number of aliphatic hydroxyl groups excluding tert-OH is 1. The summed E-state index contributed by atoms with van der Waals surface area (Å²) >= 11 is 0. The van der Waals surface area contributed by atoms with Gasteiger partial charge in [0.1, 0.15) is 5.75 Å². The zero-order valence-electron chi connectivity index (χ0n) is 12.4. The van der Waals surface area contributed by atoms with Crippen LogP contribution in [0.15, 0.2) is 18.2 Å². The zero-order valence-corrected chi connectivity index (χ0v) is 12.4. The minimum atomic E-state index is -0.951. The van der Waals surface area contributed by atoms with E-state index < -0.39 is 12.1 Å². The lowest BCUT2D eigenvalue weighted by molar-refractivity contribution is -0.136. The topological polar surface area (TPSA) is 78.8 Å². The summed E-state index contributed by atoms with van der Waals surface area (Å²) in [5.41, 5.74) is 1.72. The van der Waals surface area contributed by atoms with E-state index >= 15 is 0 Å². The minimum Gasteiger partial charge on any atom is -0.496 e. The molecule has 1 atom stereocenters. The number of methoxy groups -OCH3 is 1. The summed E-state index contributed by atoms with van der Waals surface area (Å²) in [5, 5.41) is 21.5. The molecular weight excluding hydrogens is 258 g/mol. The highest BCUT2D eigenvalue weighted by molar-refractivity contribution is 5.69. The third-order valence-electron chi connectivity index (χ3n) is 3.07. The van der Waals surface area contributed by atoms with Crippen LogP contribution >= 0.6 is 0 Å². The van der Waals surface area contributed by atoms with Gasteiger partial charge in [-0.25, -0.2) is 0 Å². The van der Waals surface area contributed by atoms with Gasteiger partial charge in [0, 0.05) is 12.1 Å². The summed E-state index contributed by atoms with van der Waals surface area (Å²) in [6.45, 7) is 6.25. The van der Waals surface area contributed by atoms with E-state index in [4.69, 9.17) is 9.84 Å². The molecule has 3 N–H and O–H groups in total. The number of aliphatic hydroxyl groups is 1. The molecule has 1 aromatic carbocycles. The molecule has 1 rings (SSSR count). The first kappa shape index (κ1) is 16.5. The van der Waals surface area contributed by atoms with E-state index in [2.05, 4.69) is 26.1 Å². The molecule has 5 nitrogen and oxygen atoms in total. The van der Waals surface area contributed by atoms with Crippen molar-refractivity contribution in [2.75, 3.05) is 20.2 Å². The Morgan fingerprint density at radius 2 is 2.05 bits per heavy atom. The Balaban J connectivity index is 2.92. The predicted molar refractivity (Wildman–Crippen MR) is 77.2 cm³/mol. The number of hydrogen-bond acceptors (Lipinski definition) is 4. The number of nitrogens with one attached hydrogen (secondary N) is 1. The van der Waals surface area contributed by atoms with Gasteiger partial charge in [-0.05, 0) is 23.1 Å². The third-order valence-corrected chi connectivity index (χ3v) is 3.07. The normalized spacial score (nSPS) is 13.1. The second-order valence-electron chi connectivity index (χ2n) is 5.75. The van der Waals surface area contributed by atoms with Crippen LogP contribution in [0, 0.1) is 0 Å². The maximum absolute atomic E-state index is 10.5. The van der Waals surface area contributed by atoms with E-state index in [-0.39, 0.29) is 18.5 Å². The molecule has 0 heterocycles. The number of carbonyl (C=O) groups is 1. The van der Waals surface area contributed by atoms with E-state index in [1.807, 2.05) is 18.2 Å². The van der Waals surface area contributed by atoms with Crippen molar-refractivity contribution < 1.29 is 19.7 Å². The Bertz CT molecular complexity index is 465. The number of ether oxygens (including phenoxy) is 1. The second kappa shape index (κ2) is 6.72. The molecule has 0 radical (unpaired) electrons. The molecule has 1 unspecified atom stereocenters. The van der Waals surface area contributed by atoms with Crippen molar-refractivity contribution in [2.24, 2.45) is 0 Å². The monoisotopic (exact) mass is 281 g/mol. The first-order valence-corrected chi connectivity index (χ1v) is 6.54. The Morgan fingerprint density at radius 1 is 1.40 bits per heavy atom. The minimum absolute atomic E-state index is 0.0325. The van der Waals surface area contributed by atoms with E-state index in [1.54, 1.807) is 7.11 Å². The standard InChI is InChI=1S/C15H23NO4/c1-15(2,3)10-5-6-13(20-4)11(7-10)12(17)8-16-9-14(18)19/h5-7,12,16-17H,8-9H2,1-4H3,(H,18,19). The predicted octanol–water partition coefficient (Wildman–Crippen LogP) is 1.70. The smallest absolute Gasteiger partial charge is 0.317 e. The van der Waals surface area contributed by atoms with Gasteiger partial charge in [0.25, 0.3) is 0 Å². The van der Waals surface area contributed by atoms with Crippen molar-refractivity contribution in [1.82, 2.24) is 5.32 Å². The largest absolute Gasteiger partial charge is 0.496 e. The van der Waals surface area contributed by atoms with Gasteiger partial charge in [0.2, 0.25) is 0 Å². The first-order chi connectivity index (χ1) is 9.25. The molecule has 0 aliphatic rings. The molecule has 0 amide bonds. The maximum atomic E-state index is 10.5. The molecule has 0 fully saturated rings. The lowest BCUT2D eigenvalue weighted by Gasteiger charge is -2.23. The molecule has 0 aliphatic heterocycles. The number of carboxylic acids is 1. The third kappa shape index (κ3) is 4.51. The van der Waals surface area contributed by atoms with E-state index in [1.165, 1.54) is 0 Å². The van der Waals surface area contributed by atoms with Gasteiger partial charge in [-0.1, -0.05) is 26.8 Å². The average molecular weight is 281 g/mol. The van der Waals surface area contributed by atoms with Crippen LogP contribution in [0.4, 0.5) is 0 Å².